The molecule has 1 fully saturated rings. The standard InChI is InChI=1S/C15H7F3N2O3/c16-5-1-7-11(9(18)3-5)12-8(2-6(17)4-10(12)21)15(7)13(22)19-14(23)20-15/h1-4,21H,(H2,19,20,22,23). The van der Waals surface area contributed by atoms with Crippen molar-refractivity contribution in [3.63, 3.8) is 0 Å². The van der Waals surface area contributed by atoms with Gasteiger partial charge in [-0.1, -0.05) is 0 Å². The van der Waals surface area contributed by atoms with Gasteiger partial charge in [-0.25, -0.2) is 18.0 Å². The van der Waals surface area contributed by atoms with Crippen LogP contribution in [-0.4, -0.2) is 17.0 Å². The van der Waals surface area contributed by atoms with Crippen molar-refractivity contribution < 1.29 is 27.9 Å². The fourth-order valence-electron chi connectivity index (χ4n) is 3.25. The number of phenolic OH excluding ortho intramolecular Hbond substituents is 1. The van der Waals surface area contributed by atoms with Gasteiger partial charge < -0.3 is 10.4 Å². The van der Waals surface area contributed by atoms with Gasteiger partial charge in [0.2, 0.25) is 0 Å². The molecule has 0 saturated carbocycles. The minimum absolute atomic E-state index is 0.155. The molecule has 0 aromatic heterocycles. The fraction of sp³-hybridized carbons (Fsp3) is 0.0667. The van der Waals surface area contributed by atoms with E-state index in [1.807, 2.05) is 5.32 Å². The van der Waals surface area contributed by atoms with Crippen LogP contribution in [0.25, 0.3) is 11.1 Å². The fourth-order valence-corrected chi connectivity index (χ4v) is 3.25. The maximum absolute atomic E-state index is 14.3. The molecular formula is C15H7F3N2O3. The molecule has 3 amide bonds. The summed E-state index contributed by atoms with van der Waals surface area (Å²) in [5.74, 6) is -4.41. The summed E-state index contributed by atoms with van der Waals surface area (Å²) in [7, 11) is 0. The summed E-state index contributed by atoms with van der Waals surface area (Å²) in [5.41, 5.74) is -2.75. The van der Waals surface area contributed by atoms with Gasteiger partial charge in [0.05, 0.1) is 0 Å². The molecule has 2 aliphatic rings. The molecule has 1 aliphatic carbocycles. The third kappa shape index (κ3) is 1.52. The third-order valence-corrected chi connectivity index (χ3v) is 4.06. The lowest BCUT2D eigenvalue weighted by molar-refractivity contribution is -0.122. The largest absolute Gasteiger partial charge is 0.507 e. The number of urea groups is 1. The first-order valence-electron chi connectivity index (χ1n) is 6.51. The molecule has 1 saturated heterocycles. The summed E-state index contributed by atoms with van der Waals surface area (Å²) in [5, 5.41) is 14.3. The molecule has 1 spiro atoms. The van der Waals surface area contributed by atoms with Crippen LogP contribution in [0.3, 0.4) is 0 Å². The minimum Gasteiger partial charge on any atom is -0.507 e. The van der Waals surface area contributed by atoms with Gasteiger partial charge in [0.25, 0.3) is 5.91 Å². The topological polar surface area (TPSA) is 78.4 Å². The van der Waals surface area contributed by atoms with Gasteiger partial charge in [0, 0.05) is 34.4 Å². The van der Waals surface area contributed by atoms with Crippen molar-refractivity contribution in [3.05, 3.63) is 52.8 Å². The maximum Gasteiger partial charge on any atom is 0.322 e. The van der Waals surface area contributed by atoms with Crippen molar-refractivity contribution in [2.45, 2.75) is 5.54 Å². The second kappa shape index (κ2) is 4.03. The molecular weight excluding hydrogens is 313 g/mol. The molecule has 8 heteroatoms. The monoisotopic (exact) mass is 320 g/mol. The molecule has 23 heavy (non-hydrogen) atoms. The van der Waals surface area contributed by atoms with E-state index in [2.05, 4.69) is 5.32 Å². The number of hydrogen-bond acceptors (Lipinski definition) is 3. The highest BCUT2D eigenvalue weighted by molar-refractivity contribution is 6.13. The molecule has 1 atom stereocenters. The number of aromatic hydroxyl groups is 1. The molecule has 0 radical (unpaired) electrons. The Hall–Kier alpha value is -3.03. The van der Waals surface area contributed by atoms with Crippen LogP contribution >= 0.6 is 0 Å². The van der Waals surface area contributed by atoms with E-state index in [0.717, 1.165) is 18.2 Å². The first-order valence-corrected chi connectivity index (χ1v) is 6.51. The highest BCUT2D eigenvalue weighted by Crippen LogP contribution is 2.53. The van der Waals surface area contributed by atoms with Crippen molar-refractivity contribution in [2.24, 2.45) is 0 Å². The maximum atomic E-state index is 14.3. The van der Waals surface area contributed by atoms with Gasteiger partial charge >= 0.3 is 6.03 Å². The van der Waals surface area contributed by atoms with E-state index in [1.165, 1.54) is 0 Å². The Morgan fingerprint density at radius 3 is 2.13 bits per heavy atom. The number of imide groups is 1. The quantitative estimate of drug-likeness (QED) is 0.649. The summed E-state index contributed by atoms with van der Waals surface area (Å²) < 4.78 is 41.7. The predicted molar refractivity (Wildman–Crippen MR) is 70.9 cm³/mol. The molecule has 2 aromatic carbocycles. The minimum atomic E-state index is -1.98. The van der Waals surface area contributed by atoms with Gasteiger partial charge in [-0.3, -0.25) is 10.1 Å². The van der Waals surface area contributed by atoms with Gasteiger partial charge in [0.15, 0.2) is 5.54 Å². The summed E-state index contributed by atoms with van der Waals surface area (Å²) >= 11 is 0. The number of phenols is 1. The Balaban J connectivity index is 2.20. The molecule has 1 unspecified atom stereocenters. The van der Waals surface area contributed by atoms with Crippen molar-refractivity contribution in [1.82, 2.24) is 10.6 Å². The Kier molecular flexibility index (Phi) is 2.39. The van der Waals surface area contributed by atoms with Crippen LogP contribution in [0.15, 0.2) is 24.3 Å². The van der Waals surface area contributed by atoms with Gasteiger partial charge in [0.1, 0.15) is 23.2 Å². The smallest absolute Gasteiger partial charge is 0.322 e. The van der Waals surface area contributed by atoms with Crippen LogP contribution in [0.5, 0.6) is 5.75 Å². The van der Waals surface area contributed by atoms with Crippen LogP contribution in [0.1, 0.15) is 11.1 Å². The third-order valence-electron chi connectivity index (χ3n) is 4.06. The van der Waals surface area contributed by atoms with E-state index in [0.29, 0.717) is 6.07 Å². The lowest BCUT2D eigenvalue weighted by Gasteiger charge is -2.23. The zero-order valence-electron chi connectivity index (χ0n) is 11.2. The Bertz CT molecular complexity index is 869. The summed E-state index contributed by atoms with van der Waals surface area (Å²) in [6.45, 7) is 0. The highest BCUT2D eigenvalue weighted by Gasteiger charge is 2.56. The van der Waals surface area contributed by atoms with Gasteiger partial charge in [-0.05, 0) is 12.1 Å². The molecule has 116 valence electrons. The average Bonchev–Trinajstić information content (AvgIpc) is 2.88. The van der Waals surface area contributed by atoms with E-state index in [-0.39, 0.29) is 22.3 Å². The van der Waals surface area contributed by atoms with Crippen LogP contribution in [0.4, 0.5) is 18.0 Å². The van der Waals surface area contributed by atoms with Gasteiger partial charge in [-0.15, -0.1) is 0 Å². The zero-order valence-corrected chi connectivity index (χ0v) is 11.2. The van der Waals surface area contributed by atoms with Crippen molar-refractivity contribution in [1.29, 1.82) is 0 Å². The zero-order chi connectivity index (χ0) is 16.5. The van der Waals surface area contributed by atoms with Crippen molar-refractivity contribution in [3.8, 4) is 16.9 Å². The summed E-state index contributed by atoms with van der Waals surface area (Å²) in [6, 6.07) is 2.22. The number of fused-ring (bicyclic) bond motifs is 5. The molecule has 5 nitrogen and oxygen atoms in total. The number of amides is 3. The highest BCUT2D eigenvalue weighted by atomic mass is 19.1. The number of nitrogens with one attached hydrogen (secondary N) is 2. The Morgan fingerprint density at radius 2 is 1.52 bits per heavy atom. The molecule has 4 rings (SSSR count). The lowest BCUT2D eigenvalue weighted by atomic mass is 9.87. The van der Waals surface area contributed by atoms with Crippen molar-refractivity contribution in [2.75, 3.05) is 0 Å². The predicted octanol–water partition coefficient (Wildman–Crippen LogP) is 1.87. The normalized spacial score (nSPS) is 21.2. The van der Waals surface area contributed by atoms with Crippen LogP contribution in [-0.2, 0) is 10.3 Å². The first-order chi connectivity index (χ1) is 10.8. The summed E-state index contributed by atoms with van der Waals surface area (Å²) in [6.07, 6.45) is 0. The van der Waals surface area contributed by atoms with E-state index >= 15 is 0 Å². The number of benzene rings is 2. The molecule has 3 N–H and O–H groups in total. The van der Waals surface area contributed by atoms with Crippen LogP contribution in [0, 0.1) is 17.5 Å². The second-order valence-corrected chi connectivity index (χ2v) is 5.32. The Morgan fingerprint density at radius 1 is 0.913 bits per heavy atom. The van der Waals surface area contributed by atoms with Gasteiger partial charge in [-0.2, -0.15) is 0 Å². The van der Waals surface area contributed by atoms with E-state index in [4.69, 9.17) is 0 Å². The van der Waals surface area contributed by atoms with Crippen molar-refractivity contribution >= 4 is 11.9 Å². The van der Waals surface area contributed by atoms with Crippen LogP contribution < -0.4 is 10.6 Å². The molecule has 0 bridgehead atoms. The Labute approximate surface area is 126 Å². The number of rotatable bonds is 0. The number of carbonyl (C=O) groups excluding carboxylic acids is 2. The number of hydrogen-bond donors (Lipinski definition) is 3. The SMILES string of the molecule is O=C1NC(=O)C2(N1)c1cc(F)cc(O)c1-c1c(F)cc(F)cc12. The van der Waals surface area contributed by atoms with Crippen LogP contribution in [0.2, 0.25) is 0 Å². The average molecular weight is 320 g/mol. The molecule has 2 aromatic rings. The van der Waals surface area contributed by atoms with E-state index in [1.54, 1.807) is 0 Å². The lowest BCUT2D eigenvalue weighted by Crippen LogP contribution is -2.43. The number of carbonyl (C=O) groups is 2. The number of halogens is 3. The van der Waals surface area contributed by atoms with E-state index < -0.39 is 40.7 Å². The molecule has 1 aliphatic heterocycles. The second-order valence-electron chi connectivity index (χ2n) is 5.32. The first kappa shape index (κ1) is 13.6. The summed E-state index contributed by atoms with van der Waals surface area (Å²) in [4.78, 5) is 23.9. The molecule has 1 heterocycles. The van der Waals surface area contributed by atoms with E-state index in [9.17, 15) is 27.9 Å².